The summed E-state index contributed by atoms with van der Waals surface area (Å²) >= 11 is 0.953. The molecule has 1 fully saturated rings. The van der Waals surface area contributed by atoms with Gasteiger partial charge in [-0.15, -0.1) is 0 Å². The monoisotopic (exact) mass is 562 g/mol. The minimum Gasteiger partial charge on any atom is -0.507 e. The summed E-state index contributed by atoms with van der Waals surface area (Å²) in [4.78, 5) is 45.4. The standard InChI is InChI=1S/C30H30N2O7S/c1-6-15-39-21-12-9-19(10-13-21)24-23(25(33)20-11-14-22(37-7-2)17(4)16-20)26(34)28(35)32(24)30-31-18(5)27(40-30)29(36)38-8-3/h6,9-14,16,24,33H,1,7-8,15H2,2-5H3. The molecule has 0 spiro atoms. The number of aliphatic hydroxyl groups excluding tert-OH is 1. The van der Waals surface area contributed by atoms with Crippen molar-refractivity contribution in [2.24, 2.45) is 0 Å². The van der Waals surface area contributed by atoms with E-state index in [0.717, 1.165) is 16.9 Å². The SMILES string of the molecule is C=CCOc1ccc(C2C(=C(O)c3ccc(OCC)c(C)c3)C(=O)C(=O)N2c2nc(C)c(C(=O)OCC)s2)cc1. The lowest BCUT2D eigenvalue weighted by molar-refractivity contribution is -0.132. The van der Waals surface area contributed by atoms with Gasteiger partial charge in [-0.05, 0) is 69.2 Å². The average Bonchev–Trinajstić information content (AvgIpc) is 3.45. The number of aromatic nitrogens is 1. The second kappa shape index (κ2) is 12.2. The van der Waals surface area contributed by atoms with E-state index in [1.165, 1.54) is 4.90 Å². The number of aryl methyl sites for hydroxylation is 2. The molecule has 2 aromatic carbocycles. The number of hydrogen-bond donors (Lipinski definition) is 1. The van der Waals surface area contributed by atoms with E-state index in [4.69, 9.17) is 14.2 Å². The number of Topliss-reactive ketones (excluding diaryl/α,β-unsaturated/α-hetero) is 1. The van der Waals surface area contributed by atoms with Crippen LogP contribution >= 0.6 is 11.3 Å². The maximum absolute atomic E-state index is 13.5. The summed E-state index contributed by atoms with van der Waals surface area (Å²) in [6.07, 6.45) is 1.62. The molecule has 208 valence electrons. The van der Waals surface area contributed by atoms with Gasteiger partial charge in [0.1, 0.15) is 28.7 Å². The Morgan fingerprint density at radius 1 is 1.10 bits per heavy atom. The number of aliphatic hydroxyl groups is 1. The van der Waals surface area contributed by atoms with Crippen LogP contribution in [0.5, 0.6) is 11.5 Å². The Hall–Kier alpha value is -4.44. The van der Waals surface area contributed by atoms with Crippen molar-refractivity contribution < 1.29 is 33.7 Å². The molecule has 1 aliphatic rings. The Bertz CT molecular complexity index is 1490. The number of benzene rings is 2. The van der Waals surface area contributed by atoms with Crippen molar-refractivity contribution in [3.05, 3.63) is 88.0 Å². The molecule has 4 rings (SSSR count). The number of hydrogen-bond acceptors (Lipinski definition) is 9. The van der Waals surface area contributed by atoms with Gasteiger partial charge in [0, 0.05) is 5.56 Å². The highest BCUT2D eigenvalue weighted by molar-refractivity contribution is 7.17. The summed E-state index contributed by atoms with van der Waals surface area (Å²) in [6, 6.07) is 10.9. The highest BCUT2D eigenvalue weighted by Crippen LogP contribution is 2.44. The van der Waals surface area contributed by atoms with Gasteiger partial charge in [-0.2, -0.15) is 0 Å². The lowest BCUT2D eigenvalue weighted by atomic mass is 9.95. The topological polar surface area (TPSA) is 115 Å². The molecule has 0 bridgehead atoms. The van der Waals surface area contributed by atoms with Crippen LogP contribution in [0.1, 0.15) is 51.9 Å². The van der Waals surface area contributed by atoms with E-state index in [1.807, 2.05) is 13.8 Å². The van der Waals surface area contributed by atoms with Gasteiger partial charge in [0.05, 0.1) is 30.5 Å². The van der Waals surface area contributed by atoms with Crippen molar-refractivity contribution in [3.8, 4) is 11.5 Å². The lowest BCUT2D eigenvalue weighted by Crippen LogP contribution is -2.29. The third-order valence-corrected chi connectivity index (χ3v) is 7.35. The average molecular weight is 563 g/mol. The molecular formula is C30H30N2O7S. The van der Waals surface area contributed by atoms with Crippen LogP contribution in [0.2, 0.25) is 0 Å². The van der Waals surface area contributed by atoms with E-state index >= 15 is 0 Å². The Kier molecular flexibility index (Phi) is 8.69. The van der Waals surface area contributed by atoms with Crippen molar-refractivity contribution >= 4 is 39.9 Å². The highest BCUT2D eigenvalue weighted by atomic mass is 32.1. The predicted octanol–water partition coefficient (Wildman–Crippen LogP) is 5.53. The van der Waals surface area contributed by atoms with Gasteiger partial charge in [0.25, 0.3) is 5.78 Å². The van der Waals surface area contributed by atoms with Gasteiger partial charge in [-0.1, -0.05) is 36.1 Å². The van der Waals surface area contributed by atoms with Crippen molar-refractivity contribution in [1.29, 1.82) is 0 Å². The number of carbonyl (C=O) groups is 3. The van der Waals surface area contributed by atoms with E-state index in [0.29, 0.717) is 41.5 Å². The number of ketones is 1. The Morgan fingerprint density at radius 2 is 1.82 bits per heavy atom. The number of amides is 1. The maximum atomic E-state index is 13.5. The van der Waals surface area contributed by atoms with Crippen LogP contribution in [-0.4, -0.2) is 47.6 Å². The molecule has 2 heterocycles. The van der Waals surface area contributed by atoms with Gasteiger partial charge in [-0.25, -0.2) is 9.78 Å². The molecule has 1 aromatic heterocycles. The van der Waals surface area contributed by atoms with Gasteiger partial charge >= 0.3 is 11.9 Å². The number of anilines is 1. The van der Waals surface area contributed by atoms with Crippen LogP contribution in [0.25, 0.3) is 5.76 Å². The van der Waals surface area contributed by atoms with Crippen LogP contribution in [0.4, 0.5) is 5.13 Å². The molecule has 1 unspecified atom stereocenters. The minimum absolute atomic E-state index is 0.0983. The molecule has 1 saturated heterocycles. The largest absolute Gasteiger partial charge is 0.507 e. The van der Waals surface area contributed by atoms with Crippen LogP contribution in [0.15, 0.2) is 60.7 Å². The predicted molar refractivity (Wildman–Crippen MR) is 152 cm³/mol. The van der Waals surface area contributed by atoms with Crippen molar-refractivity contribution in [3.63, 3.8) is 0 Å². The first kappa shape index (κ1) is 28.6. The van der Waals surface area contributed by atoms with Crippen molar-refractivity contribution in [1.82, 2.24) is 4.98 Å². The van der Waals surface area contributed by atoms with Crippen LogP contribution in [0.3, 0.4) is 0 Å². The molecule has 0 saturated carbocycles. The molecule has 40 heavy (non-hydrogen) atoms. The molecule has 1 atom stereocenters. The minimum atomic E-state index is -1.01. The summed E-state index contributed by atoms with van der Waals surface area (Å²) in [5.74, 6) is -1.42. The maximum Gasteiger partial charge on any atom is 0.350 e. The zero-order valence-corrected chi connectivity index (χ0v) is 23.5. The van der Waals surface area contributed by atoms with E-state index in [-0.39, 0.29) is 27.9 Å². The zero-order chi connectivity index (χ0) is 29.0. The number of carbonyl (C=O) groups excluding carboxylic acids is 3. The highest BCUT2D eigenvalue weighted by Gasteiger charge is 2.48. The van der Waals surface area contributed by atoms with Crippen molar-refractivity contribution in [2.45, 2.75) is 33.7 Å². The van der Waals surface area contributed by atoms with Crippen molar-refractivity contribution in [2.75, 3.05) is 24.7 Å². The molecule has 10 heteroatoms. The van der Waals surface area contributed by atoms with Gasteiger partial charge in [0.15, 0.2) is 5.13 Å². The Balaban J connectivity index is 1.87. The quantitative estimate of drug-likeness (QED) is 0.113. The molecule has 9 nitrogen and oxygen atoms in total. The summed E-state index contributed by atoms with van der Waals surface area (Å²) in [5, 5.41) is 11.6. The molecule has 1 amide bonds. The Morgan fingerprint density at radius 3 is 2.45 bits per heavy atom. The second-order valence-electron chi connectivity index (χ2n) is 8.88. The van der Waals surface area contributed by atoms with Crippen LogP contribution < -0.4 is 14.4 Å². The number of esters is 1. The second-order valence-corrected chi connectivity index (χ2v) is 9.86. The fourth-order valence-corrected chi connectivity index (χ4v) is 5.38. The fraction of sp³-hybridized carbons (Fsp3) is 0.267. The fourth-order valence-electron chi connectivity index (χ4n) is 4.39. The van der Waals surface area contributed by atoms with E-state index in [2.05, 4.69) is 11.6 Å². The third kappa shape index (κ3) is 5.48. The van der Waals surface area contributed by atoms with E-state index in [1.54, 1.807) is 62.4 Å². The van der Waals surface area contributed by atoms with E-state index in [9.17, 15) is 19.5 Å². The smallest absolute Gasteiger partial charge is 0.350 e. The van der Waals surface area contributed by atoms with Gasteiger partial charge in [0.2, 0.25) is 0 Å². The summed E-state index contributed by atoms with van der Waals surface area (Å²) in [5.41, 5.74) is 1.93. The molecule has 0 aliphatic carbocycles. The first-order valence-electron chi connectivity index (χ1n) is 12.7. The van der Waals surface area contributed by atoms with Crippen LogP contribution in [-0.2, 0) is 14.3 Å². The lowest BCUT2D eigenvalue weighted by Gasteiger charge is -2.23. The normalized spacial score (nSPS) is 16.2. The molecule has 3 aromatic rings. The molecule has 1 aliphatic heterocycles. The molecule has 0 radical (unpaired) electrons. The third-order valence-electron chi connectivity index (χ3n) is 6.21. The van der Waals surface area contributed by atoms with Gasteiger partial charge in [-0.3, -0.25) is 14.5 Å². The van der Waals surface area contributed by atoms with E-state index < -0.39 is 23.7 Å². The number of rotatable bonds is 10. The molecular weight excluding hydrogens is 532 g/mol. The first-order valence-corrected chi connectivity index (χ1v) is 13.6. The number of thiazole rings is 1. The Labute approximate surface area is 236 Å². The van der Waals surface area contributed by atoms with Crippen LogP contribution in [0, 0.1) is 13.8 Å². The number of ether oxygens (including phenoxy) is 3. The summed E-state index contributed by atoms with van der Waals surface area (Å²) < 4.78 is 16.3. The zero-order valence-electron chi connectivity index (χ0n) is 22.7. The number of nitrogens with zero attached hydrogens (tertiary/aromatic N) is 2. The summed E-state index contributed by atoms with van der Waals surface area (Å²) in [7, 11) is 0. The first-order chi connectivity index (χ1) is 19.2. The summed E-state index contributed by atoms with van der Waals surface area (Å²) in [6.45, 7) is 11.6. The molecule has 1 N–H and O–H groups in total. The van der Waals surface area contributed by atoms with Gasteiger partial charge < -0.3 is 19.3 Å².